The zero-order chi connectivity index (χ0) is 16.5. The predicted octanol–water partition coefficient (Wildman–Crippen LogP) is 2.38. The molecule has 0 bridgehead atoms. The van der Waals surface area contributed by atoms with Crippen molar-refractivity contribution < 1.29 is 18.3 Å². The van der Waals surface area contributed by atoms with Gasteiger partial charge >= 0.3 is 6.61 Å². The van der Waals surface area contributed by atoms with Gasteiger partial charge in [-0.15, -0.1) is 0 Å². The van der Waals surface area contributed by atoms with E-state index in [9.17, 15) is 8.78 Å². The number of hydrogen-bond acceptors (Lipinski definition) is 3. The Morgan fingerprint density at radius 2 is 2.09 bits per heavy atom. The summed E-state index contributed by atoms with van der Waals surface area (Å²) in [4.78, 5) is 4.09. The maximum atomic E-state index is 12.4. The third-order valence-electron chi connectivity index (χ3n) is 3.45. The van der Waals surface area contributed by atoms with Crippen molar-refractivity contribution in [3.05, 3.63) is 29.8 Å². The van der Waals surface area contributed by atoms with Crippen LogP contribution in [0, 0.1) is 5.92 Å². The van der Waals surface area contributed by atoms with E-state index in [1.807, 2.05) is 0 Å². The van der Waals surface area contributed by atoms with Crippen LogP contribution in [0.2, 0.25) is 0 Å². The second-order valence-electron chi connectivity index (χ2n) is 5.36. The molecule has 0 aromatic heterocycles. The Bertz CT molecular complexity index is 508. The molecule has 1 aliphatic rings. The van der Waals surface area contributed by atoms with Crippen molar-refractivity contribution in [3.63, 3.8) is 0 Å². The lowest BCUT2D eigenvalue weighted by molar-refractivity contribution is -0.0504. The van der Waals surface area contributed by atoms with E-state index in [4.69, 9.17) is 4.74 Å². The van der Waals surface area contributed by atoms with E-state index < -0.39 is 6.61 Å². The summed E-state index contributed by atoms with van der Waals surface area (Å²) >= 11 is 0. The van der Waals surface area contributed by atoms with Crippen molar-refractivity contribution in [1.29, 1.82) is 0 Å². The highest BCUT2D eigenvalue weighted by Crippen LogP contribution is 2.28. The largest absolute Gasteiger partial charge is 0.434 e. The van der Waals surface area contributed by atoms with Gasteiger partial charge in [0.2, 0.25) is 0 Å². The SMILES string of the molecule is CN=C(NCCOCC1CC1)NCc1ccccc1OC(F)F. The number of halogens is 2. The number of rotatable bonds is 9. The molecule has 23 heavy (non-hydrogen) atoms. The quantitative estimate of drug-likeness (QED) is 0.415. The van der Waals surface area contributed by atoms with Crippen LogP contribution in [0.1, 0.15) is 18.4 Å². The molecule has 0 saturated heterocycles. The first-order valence-corrected chi connectivity index (χ1v) is 7.74. The molecule has 0 aliphatic heterocycles. The van der Waals surface area contributed by atoms with Gasteiger partial charge in [-0.05, 0) is 24.8 Å². The Morgan fingerprint density at radius 1 is 1.30 bits per heavy atom. The number of para-hydroxylation sites is 1. The fourth-order valence-electron chi connectivity index (χ4n) is 2.04. The van der Waals surface area contributed by atoms with Crippen molar-refractivity contribution in [3.8, 4) is 5.75 Å². The lowest BCUT2D eigenvalue weighted by Gasteiger charge is -2.14. The van der Waals surface area contributed by atoms with Crippen molar-refractivity contribution in [2.45, 2.75) is 26.0 Å². The number of nitrogens with one attached hydrogen (secondary N) is 2. The maximum absolute atomic E-state index is 12.4. The summed E-state index contributed by atoms with van der Waals surface area (Å²) in [6.45, 7) is -0.418. The fraction of sp³-hybridized carbons (Fsp3) is 0.562. The number of alkyl halides is 2. The topological polar surface area (TPSA) is 54.9 Å². The first-order valence-electron chi connectivity index (χ1n) is 7.74. The van der Waals surface area contributed by atoms with Gasteiger partial charge in [-0.3, -0.25) is 4.99 Å². The molecular weight excluding hydrogens is 304 g/mol. The summed E-state index contributed by atoms with van der Waals surface area (Å²) < 4.78 is 34.8. The van der Waals surface area contributed by atoms with E-state index in [1.165, 1.54) is 18.9 Å². The van der Waals surface area contributed by atoms with E-state index in [0.29, 0.717) is 31.2 Å². The normalized spacial score (nSPS) is 14.9. The van der Waals surface area contributed by atoms with Crippen LogP contribution < -0.4 is 15.4 Å². The minimum absolute atomic E-state index is 0.165. The van der Waals surface area contributed by atoms with Crippen LogP contribution >= 0.6 is 0 Å². The van der Waals surface area contributed by atoms with Gasteiger partial charge in [0, 0.05) is 32.3 Å². The van der Waals surface area contributed by atoms with Crippen LogP contribution in [0.3, 0.4) is 0 Å². The maximum Gasteiger partial charge on any atom is 0.387 e. The smallest absolute Gasteiger partial charge is 0.387 e. The molecule has 2 N–H and O–H groups in total. The summed E-state index contributed by atoms with van der Waals surface area (Å²) in [5.74, 6) is 1.50. The Morgan fingerprint density at radius 3 is 2.78 bits per heavy atom. The minimum Gasteiger partial charge on any atom is -0.434 e. The zero-order valence-electron chi connectivity index (χ0n) is 13.2. The van der Waals surface area contributed by atoms with Crippen LogP contribution in [0.15, 0.2) is 29.3 Å². The second kappa shape index (κ2) is 9.29. The van der Waals surface area contributed by atoms with Crippen molar-refractivity contribution >= 4 is 5.96 Å². The monoisotopic (exact) mass is 327 g/mol. The molecule has 0 spiro atoms. The number of hydrogen-bond donors (Lipinski definition) is 2. The Hall–Kier alpha value is -1.89. The Kier molecular flexibility index (Phi) is 7.06. The molecule has 1 aromatic carbocycles. The molecule has 7 heteroatoms. The van der Waals surface area contributed by atoms with E-state index in [0.717, 1.165) is 12.5 Å². The summed E-state index contributed by atoms with van der Waals surface area (Å²) in [5.41, 5.74) is 0.640. The molecular formula is C16H23F2N3O2. The van der Waals surface area contributed by atoms with Crippen molar-refractivity contribution in [2.24, 2.45) is 10.9 Å². The molecule has 128 valence electrons. The van der Waals surface area contributed by atoms with Crippen LogP contribution in [0.4, 0.5) is 8.78 Å². The van der Waals surface area contributed by atoms with Crippen molar-refractivity contribution in [1.82, 2.24) is 10.6 Å². The molecule has 0 heterocycles. The van der Waals surface area contributed by atoms with Gasteiger partial charge in [-0.2, -0.15) is 8.78 Å². The standard InChI is InChI=1S/C16H23F2N3O2/c1-19-16(20-8-9-22-11-12-6-7-12)21-10-13-4-2-3-5-14(13)23-15(17)18/h2-5,12,15H,6-11H2,1H3,(H2,19,20,21). The predicted molar refractivity (Wildman–Crippen MR) is 84.8 cm³/mol. The molecule has 1 fully saturated rings. The lowest BCUT2D eigenvalue weighted by atomic mass is 10.2. The summed E-state index contributed by atoms with van der Waals surface area (Å²) in [6.07, 6.45) is 2.55. The molecule has 1 aliphatic carbocycles. The highest BCUT2D eigenvalue weighted by molar-refractivity contribution is 5.79. The number of guanidine groups is 1. The molecule has 0 unspecified atom stereocenters. The summed E-state index contributed by atoms with van der Waals surface area (Å²) in [5, 5.41) is 6.19. The Balaban J connectivity index is 1.71. The average molecular weight is 327 g/mol. The van der Waals surface area contributed by atoms with E-state index in [2.05, 4.69) is 20.4 Å². The van der Waals surface area contributed by atoms with Gasteiger partial charge < -0.3 is 20.1 Å². The average Bonchev–Trinajstić information content (AvgIpc) is 3.35. The van der Waals surface area contributed by atoms with Crippen molar-refractivity contribution in [2.75, 3.05) is 26.8 Å². The number of ether oxygens (including phenoxy) is 2. The van der Waals surface area contributed by atoms with Crippen LogP contribution in [-0.2, 0) is 11.3 Å². The molecule has 1 aromatic rings. The number of aliphatic imine (C=N–C) groups is 1. The zero-order valence-corrected chi connectivity index (χ0v) is 13.2. The van der Waals surface area contributed by atoms with Gasteiger partial charge in [0.15, 0.2) is 5.96 Å². The number of benzene rings is 1. The highest BCUT2D eigenvalue weighted by Gasteiger charge is 2.20. The van der Waals surface area contributed by atoms with E-state index in [1.54, 1.807) is 25.2 Å². The van der Waals surface area contributed by atoms with E-state index >= 15 is 0 Å². The Labute approximate surface area is 135 Å². The molecule has 0 amide bonds. The number of nitrogens with zero attached hydrogens (tertiary/aromatic N) is 1. The van der Waals surface area contributed by atoms with Gasteiger partial charge in [-0.1, -0.05) is 18.2 Å². The van der Waals surface area contributed by atoms with Crippen LogP contribution in [-0.4, -0.2) is 39.4 Å². The minimum atomic E-state index is -2.84. The van der Waals surface area contributed by atoms with E-state index in [-0.39, 0.29) is 5.75 Å². The third kappa shape index (κ3) is 6.81. The van der Waals surface area contributed by atoms with Gasteiger partial charge in [0.1, 0.15) is 5.75 Å². The molecule has 5 nitrogen and oxygen atoms in total. The lowest BCUT2D eigenvalue weighted by Crippen LogP contribution is -2.38. The summed E-state index contributed by atoms with van der Waals surface area (Å²) in [7, 11) is 1.65. The van der Waals surface area contributed by atoms with Crippen LogP contribution in [0.5, 0.6) is 5.75 Å². The first kappa shape index (κ1) is 17.5. The third-order valence-corrected chi connectivity index (χ3v) is 3.45. The first-order chi connectivity index (χ1) is 11.2. The molecule has 1 saturated carbocycles. The van der Waals surface area contributed by atoms with Crippen LogP contribution in [0.25, 0.3) is 0 Å². The highest BCUT2D eigenvalue weighted by atomic mass is 19.3. The fourth-order valence-corrected chi connectivity index (χ4v) is 2.04. The molecule has 0 radical (unpaired) electrons. The van der Waals surface area contributed by atoms with Gasteiger partial charge in [0.25, 0.3) is 0 Å². The second-order valence-corrected chi connectivity index (χ2v) is 5.36. The van der Waals surface area contributed by atoms with Gasteiger partial charge in [-0.25, -0.2) is 0 Å². The van der Waals surface area contributed by atoms with Gasteiger partial charge in [0.05, 0.1) is 6.61 Å². The molecule has 0 atom stereocenters. The summed E-state index contributed by atoms with van der Waals surface area (Å²) in [6, 6.07) is 6.69. The molecule has 2 rings (SSSR count).